The average molecular weight is 470 g/mol. The predicted molar refractivity (Wildman–Crippen MR) is 109 cm³/mol. The van der Waals surface area contributed by atoms with Gasteiger partial charge in [-0.3, -0.25) is 20.4 Å². The third-order valence-corrected chi connectivity index (χ3v) is 5.73. The van der Waals surface area contributed by atoms with Crippen molar-refractivity contribution in [2.75, 3.05) is 13.7 Å². The Morgan fingerprint density at radius 2 is 1.81 bits per heavy atom. The SMILES string of the molecule is COc1ccc2c(Cl)c(C(=O)NNC(=O)COc3ccc(Br)cc3)sc2c1. The van der Waals surface area contributed by atoms with E-state index in [0.717, 1.165) is 14.6 Å². The van der Waals surface area contributed by atoms with Crippen molar-refractivity contribution < 1.29 is 19.1 Å². The maximum atomic E-state index is 12.3. The van der Waals surface area contributed by atoms with Crippen molar-refractivity contribution in [3.05, 3.63) is 56.8 Å². The molecule has 0 bridgehead atoms. The van der Waals surface area contributed by atoms with Crippen LogP contribution in [0.2, 0.25) is 5.02 Å². The van der Waals surface area contributed by atoms with E-state index in [2.05, 4.69) is 26.8 Å². The number of nitrogens with one attached hydrogen (secondary N) is 2. The lowest BCUT2D eigenvalue weighted by atomic mass is 10.2. The summed E-state index contributed by atoms with van der Waals surface area (Å²) in [5.41, 5.74) is 4.65. The van der Waals surface area contributed by atoms with Crippen LogP contribution >= 0.6 is 38.9 Å². The highest BCUT2D eigenvalue weighted by Gasteiger charge is 2.18. The molecule has 9 heteroatoms. The first kappa shape index (κ1) is 19.5. The van der Waals surface area contributed by atoms with Gasteiger partial charge in [0.25, 0.3) is 11.8 Å². The van der Waals surface area contributed by atoms with E-state index in [4.69, 9.17) is 21.1 Å². The summed E-state index contributed by atoms with van der Waals surface area (Å²) in [5.74, 6) is 0.217. The molecule has 0 aliphatic rings. The Balaban J connectivity index is 1.58. The normalized spacial score (nSPS) is 10.5. The van der Waals surface area contributed by atoms with Crippen molar-refractivity contribution in [1.82, 2.24) is 10.9 Å². The van der Waals surface area contributed by atoms with Crippen LogP contribution < -0.4 is 20.3 Å². The van der Waals surface area contributed by atoms with Crippen LogP contribution in [-0.2, 0) is 4.79 Å². The van der Waals surface area contributed by atoms with Crippen LogP contribution in [0.15, 0.2) is 46.9 Å². The van der Waals surface area contributed by atoms with Gasteiger partial charge in [-0.25, -0.2) is 0 Å². The van der Waals surface area contributed by atoms with Crippen molar-refractivity contribution >= 4 is 60.8 Å². The first-order valence-electron chi connectivity index (χ1n) is 7.71. The molecule has 0 unspecified atom stereocenters. The summed E-state index contributed by atoms with van der Waals surface area (Å²) in [6, 6.07) is 12.4. The highest BCUT2D eigenvalue weighted by atomic mass is 79.9. The first-order chi connectivity index (χ1) is 13.0. The summed E-state index contributed by atoms with van der Waals surface area (Å²) < 4.78 is 12.2. The van der Waals surface area contributed by atoms with E-state index >= 15 is 0 Å². The van der Waals surface area contributed by atoms with E-state index < -0.39 is 11.8 Å². The predicted octanol–water partition coefficient (Wildman–Crippen LogP) is 4.17. The van der Waals surface area contributed by atoms with Gasteiger partial charge in [-0.15, -0.1) is 11.3 Å². The van der Waals surface area contributed by atoms with Gasteiger partial charge in [0.05, 0.1) is 12.1 Å². The Morgan fingerprint density at radius 1 is 1.11 bits per heavy atom. The Hall–Kier alpha value is -2.29. The number of thiophene rings is 1. The molecule has 6 nitrogen and oxygen atoms in total. The highest BCUT2D eigenvalue weighted by Crippen LogP contribution is 2.37. The third kappa shape index (κ3) is 4.71. The molecule has 1 heterocycles. The molecule has 0 saturated carbocycles. The first-order valence-corrected chi connectivity index (χ1v) is 9.70. The fourth-order valence-electron chi connectivity index (χ4n) is 2.22. The van der Waals surface area contributed by atoms with E-state index in [0.29, 0.717) is 21.4 Å². The topological polar surface area (TPSA) is 76.7 Å². The average Bonchev–Trinajstić information content (AvgIpc) is 3.01. The minimum absolute atomic E-state index is 0.237. The lowest BCUT2D eigenvalue weighted by Crippen LogP contribution is -2.43. The monoisotopic (exact) mass is 468 g/mol. The fraction of sp³-hybridized carbons (Fsp3) is 0.111. The minimum Gasteiger partial charge on any atom is -0.497 e. The van der Waals surface area contributed by atoms with Gasteiger partial charge in [-0.05, 0) is 42.5 Å². The van der Waals surface area contributed by atoms with E-state index in [-0.39, 0.29) is 6.61 Å². The van der Waals surface area contributed by atoms with Crippen LogP contribution in [0.3, 0.4) is 0 Å². The smallest absolute Gasteiger partial charge is 0.281 e. The largest absolute Gasteiger partial charge is 0.497 e. The van der Waals surface area contributed by atoms with Crippen molar-refractivity contribution in [3.63, 3.8) is 0 Å². The molecule has 140 valence electrons. The van der Waals surface area contributed by atoms with Gasteiger partial charge in [-0.2, -0.15) is 0 Å². The molecule has 0 spiro atoms. The summed E-state index contributed by atoms with van der Waals surface area (Å²) in [7, 11) is 1.57. The number of methoxy groups -OCH3 is 1. The van der Waals surface area contributed by atoms with Crippen LogP contribution in [0, 0.1) is 0 Å². The molecule has 2 N–H and O–H groups in total. The van der Waals surface area contributed by atoms with Crippen molar-refractivity contribution in [3.8, 4) is 11.5 Å². The standard InChI is InChI=1S/C18H14BrClN2O4S/c1-25-12-6-7-13-14(8-12)27-17(16(13)20)18(24)22-21-15(23)9-26-11-4-2-10(19)3-5-11/h2-8H,9H2,1H3,(H,21,23)(H,22,24). The number of fused-ring (bicyclic) bond motifs is 1. The molecular formula is C18H14BrClN2O4S. The fourth-order valence-corrected chi connectivity index (χ4v) is 3.92. The second-order valence-electron chi connectivity index (χ2n) is 5.35. The number of hydrogen-bond donors (Lipinski definition) is 2. The molecule has 0 saturated heterocycles. The summed E-state index contributed by atoms with van der Waals surface area (Å²) >= 11 is 10.8. The molecule has 3 aromatic rings. The number of halogens is 2. The van der Waals surface area contributed by atoms with Gasteiger partial charge in [0.15, 0.2) is 6.61 Å². The molecule has 0 fully saturated rings. The van der Waals surface area contributed by atoms with E-state index in [1.54, 1.807) is 49.6 Å². The molecule has 0 aliphatic carbocycles. The molecule has 2 aromatic carbocycles. The molecule has 27 heavy (non-hydrogen) atoms. The number of hydrogen-bond acceptors (Lipinski definition) is 5. The number of carbonyl (C=O) groups excluding carboxylic acids is 2. The number of rotatable bonds is 5. The Morgan fingerprint density at radius 3 is 2.52 bits per heavy atom. The van der Waals surface area contributed by atoms with E-state index in [1.165, 1.54) is 11.3 Å². The summed E-state index contributed by atoms with van der Waals surface area (Å²) in [4.78, 5) is 24.5. The molecule has 1 aromatic heterocycles. The number of amides is 2. The zero-order chi connectivity index (χ0) is 19.4. The van der Waals surface area contributed by atoms with Crippen LogP contribution in [0.25, 0.3) is 10.1 Å². The van der Waals surface area contributed by atoms with Crippen LogP contribution in [0.5, 0.6) is 11.5 Å². The summed E-state index contributed by atoms with van der Waals surface area (Å²) in [6.07, 6.45) is 0. The maximum absolute atomic E-state index is 12.3. The van der Waals surface area contributed by atoms with E-state index in [1.807, 2.05) is 0 Å². The van der Waals surface area contributed by atoms with Crippen LogP contribution in [0.1, 0.15) is 9.67 Å². The van der Waals surface area contributed by atoms with Gasteiger partial charge in [-0.1, -0.05) is 27.5 Å². The van der Waals surface area contributed by atoms with Gasteiger partial charge in [0.1, 0.15) is 16.4 Å². The van der Waals surface area contributed by atoms with Gasteiger partial charge < -0.3 is 9.47 Å². The number of benzene rings is 2. The number of hydrazine groups is 1. The second-order valence-corrected chi connectivity index (χ2v) is 7.70. The molecule has 0 radical (unpaired) electrons. The third-order valence-electron chi connectivity index (χ3n) is 3.54. The van der Waals surface area contributed by atoms with Crippen molar-refractivity contribution in [2.45, 2.75) is 0 Å². The lowest BCUT2D eigenvalue weighted by molar-refractivity contribution is -0.123. The number of carbonyl (C=O) groups is 2. The van der Waals surface area contributed by atoms with Gasteiger partial charge >= 0.3 is 0 Å². The Bertz CT molecular complexity index is 991. The highest BCUT2D eigenvalue weighted by molar-refractivity contribution is 9.10. The lowest BCUT2D eigenvalue weighted by Gasteiger charge is -2.08. The van der Waals surface area contributed by atoms with Crippen molar-refractivity contribution in [2.24, 2.45) is 0 Å². The second kappa shape index (κ2) is 8.60. The maximum Gasteiger partial charge on any atom is 0.281 e. The Kier molecular flexibility index (Phi) is 6.20. The molecule has 0 atom stereocenters. The van der Waals surface area contributed by atoms with Crippen molar-refractivity contribution in [1.29, 1.82) is 0 Å². The molecule has 0 aliphatic heterocycles. The van der Waals surface area contributed by atoms with E-state index in [9.17, 15) is 9.59 Å². The quantitative estimate of drug-likeness (QED) is 0.550. The van der Waals surface area contributed by atoms with Crippen LogP contribution in [-0.4, -0.2) is 25.5 Å². The number of ether oxygens (including phenoxy) is 2. The Labute approximate surface area is 172 Å². The molecule has 3 rings (SSSR count). The van der Waals surface area contributed by atoms with Crippen LogP contribution in [0.4, 0.5) is 0 Å². The summed E-state index contributed by atoms with van der Waals surface area (Å²) in [5, 5.41) is 1.08. The van der Waals surface area contributed by atoms with Gasteiger partial charge in [0, 0.05) is 14.6 Å². The van der Waals surface area contributed by atoms with Gasteiger partial charge in [0.2, 0.25) is 0 Å². The summed E-state index contributed by atoms with van der Waals surface area (Å²) in [6.45, 7) is -0.237. The zero-order valence-electron chi connectivity index (χ0n) is 14.0. The molecule has 2 amide bonds. The molecular weight excluding hydrogens is 456 g/mol. The zero-order valence-corrected chi connectivity index (χ0v) is 17.2. The minimum atomic E-state index is -0.503.